The van der Waals surface area contributed by atoms with Gasteiger partial charge in [0.05, 0.1) is 18.8 Å². The molecule has 20 heavy (non-hydrogen) atoms. The van der Waals surface area contributed by atoms with Gasteiger partial charge in [-0.05, 0) is 42.5 Å². The van der Waals surface area contributed by atoms with E-state index in [1.165, 1.54) is 0 Å². The quantitative estimate of drug-likeness (QED) is 0.879. The van der Waals surface area contributed by atoms with Crippen LogP contribution >= 0.6 is 0 Å². The van der Waals surface area contributed by atoms with Gasteiger partial charge in [0, 0.05) is 5.56 Å². The van der Waals surface area contributed by atoms with Gasteiger partial charge in [-0.3, -0.25) is 0 Å². The van der Waals surface area contributed by atoms with E-state index in [4.69, 9.17) is 10.5 Å². The van der Waals surface area contributed by atoms with Crippen molar-refractivity contribution in [3.63, 3.8) is 0 Å². The molecule has 0 heterocycles. The normalized spacial score (nSPS) is 17.9. The van der Waals surface area contributed by atoms with Crippen molar-refractivity contribution < 1.29 is 9.84 Å². The molecule has 2 atom stereocenters. The molecule has 0 radical (unpaired) electrons. The van der Waals surface area contributed by atoms with Gasteiger partial charge in [-0.25, -0.2) is 0 Å². The fourth-order valence-corrected chi connectivity index (χ4v) is 2.80. The lowest BCUT2D eigenvalue weighted by atomic mass is 9.93. The van der Waals surface area contributed by atoms with E-state index in [0.29, 0.717) is 12.5 Å². The second-order valence-electron chi connectivity index (χ2n) is 5.49. The van der Waals surface area contributed by atoms with Crippen molar-refractivity contribution >= 4 is 10.8 Å². The summed E-state index contributed by atoms with van der Waals surface area (Å²) in [5.74, 6) is 1.14. The Balaban J connectivity index is 2.10. The van der Waals surface area contributed by atoms with Crippen LogP contribution in [0.4, 0.5) is 0 Å². The van der Waals surface area contributed by atoms with Crippen LogP contribution in [0.15, 0.2) is 36.4 Å². The molecule has 1 fully saturated rings. The number of rotatable bonds is 5. The molecule has 2 aromatic carbocycles. The Hall–Kier alpha value is -1.58. The molecular formula is C17H21NO2. The number of aliphatic hydroxyl groups excluding tert-OH is 1. The standard InChI is InChI=1S/C17H21NO2/c1-2-20-14-10-9-11-5-3-4-6-13(11)15(14)16(18)17(19)12-7-8-12/h3-6,9-10,12,16-17,19H,2,7-8,18H2,1H3/t16-,17+/m1/s1. The first-order valence-electron chi connectivity index (χ1n) is 7.30. The van der Waals surface area contributed by atoms with Crippen molar-refractivity contribution in [1.29, 1.82) is 0 Å². The van der Waals surface area contributed by atoms with E-state index in [1.807, 2.05) is 37.3 Å². The molecule has 1 saturated carbocycles. The SMILES string of the molecule is CCOc1ccc2ccccc2c1[C@@H](N)[C@@H](O)C1CC1. The van der Waals surface area contributed by atoms with Crippen LogP contribution in [0.1, 0.15) is 31.4 Å². The van der Waals surface area contributed by atoms with Gasteiger partial charge in [0.2, 0.25) is 0 Å². The number of nitrogens with two attached hydrogens (primary N) is 1. The lowest BCUT2D eigenvalue weighted by molar-refractivity contribution is 0.121. The van der Waals surface area contributed by atoms with E-state index in [1.54, 1.807) is 0 Å². The highest BCUT2D eigenvalue weighted by Crippen LogP contribution is 2.41. The monoisotopic (exact) mass is 271 g/mol. The van der Waals surface area contributed by atoms with E-state index in [-0.39, 0.29) is 0 Å². The van der Waals surface area contributed by atoms with Gasteiger partial charge in [0.1, 0.15) is 5.75 Å². The van der Waals surface area contributed by atoms with Crippen molar-refractivity contribution in [2.24, 2.45) is 11.7 Å². The molecule has 1 aliphatic rings. The van der Waals surface area contributed by atoms with Crippen LogP contribution in [0, 0.1) is 5.92 Å². The average Bonchev–Trinajstić information content (AvgIpc) is 3.30. The predicted octanol–water partition coefficient (Wildman–Crippen LogP) is 3.01. The summed E-state index contributed by atoms with van der Waals surface area (Å²) < 4.78 is 5.73. The second kappa shape index (κ2) is 5.43. The van der Waals surface area contributed by atoms with Crippen LogP contribution in [0.2, 0.25) is 0 Å². The molecule has 3 rings (SSSR count). The van der Waals surface area contributed by atoms with E-state index in [9.17, 15) is 5.11 Å². The Morgan fingerprint density at radius 3 is 2.70 bits per heavy atom. The molecule has 3 nitrogen and oxygen atoms in total. The van der Waals surface area contributed by atoms with Crippen molar-refractivity contribution in [1.82, 2.24) is 0 Å². The van der Waals surface area contributed by atoms with E-state index in [2.05, 4.69) is 6.07 Å². The van der Waals surface area contributed by atoms with Crippen LogP contribution in [0.5, 0.6) is 5.75 Å². The largest absolute Gasteiger partial charge is 0.494 e. The molecular weight excluding hydrogens is 250 g/mol. The van der Waals surface area contributed by atoms with E-state index < -0.39 is 12.1 Å². The third-order valence-corrected chi connectivity index (χ3v) is 4.04. The molecule has 1 aliphatic carbocycles. The Kier molecular flexibility index (Phi) is 3.64. The lowest BCUT2D eigenvalue weighted by Crippen LogP contribution is -2.28. The maximum absolute atomic E-state index is 10.4. The third-order valence-electron chi connectivity index (χ3n) is 4.04. The molecule has 0 unspecified atom stereocenters. The van der Waals surface area contributed by atoms with Crippen molar-refractivity contribution in [2.45, 2.75) is 31.9 Å². The molecule has 0 aromatic heterocycles. The van der Waals surface area contributed by atoms with Gasteiger partial charge in [0.25, 0.3) is 0 Å². The minimum atomic E-state index is -0.486. The highest BCUT2D eigenvalue weighted by atomic mass is 16.5. The third kappa shape index (κ3) is 2.39. The van der Waals surface area contributed by atoms with Crippen molar-refractivity contribution in [2.75, 3.05) is 6.61 Å². The Morgan fingerprint density at radius 1 is 1.25 bits per heavy atom. The molecule has 106 valence electrons. The second-order valence-corrected chi connectivity index (χ2v) is 5.49. The zero-order chi connectivity index (χ0) is 14.1. The molecule has 3 heteroatoms. The first-order valence-corrected chi connectivity index (χ1v) is 7.30. The summed E-state index contributed by atoms with van der Waals surface area (Å²) in [5, 5.41) is 12.6. The summed E-state index contributed by atoms with van der Waals surface area (Å²) in [7, 11) is 0. The Morgan fingerprint density at radius 2 is 2.00 bits per heavy atom. The van der Waals surface area contributed by atoms with Crippen molar-refractivity contribution in [3.05, 3.63) is 42.0 Å². The molecule has 0 amide bonds. The minimum absolute atomic E-state index is 0.346. The minimum Gasteiger partial charge on any atom is -0.494 e. The van der Waals surface area contributed by atoms with E-state index in [0.717, 1.165) is 34.9 Å². The van der Waals surface area contributed by atoms with Crippen LogP contribution in [0.25, 0.3) is 10.8 Å². The number of hydrogen-bond donors (Lipinski definition) is 2. The van der Waals surface area contributed by atoms with E-state index >= 15 is 0 Å². The van der Waals surface area contributed by atoms with Gasteiger partial charge in [-0.2, -0.15) is 0 Å². The summed E-state index contributed by atoms with van der Waals surface area (Å²) in [5.41, 5.74) is 7.28. The predicted molar refractivity (Wildman–Crippen MR) is 80.8 cm³/mol. The molecule has 0 saturated heterocycles. The summed E-state index contributed by atoms with van der Waals surface area (Å²) in [4.78, 5) is 0. The summed E-state index contributed by atoms with van der Waals surface area (Å²) in [6, 6.07) is 11.7. The number of benzene rings is 2. The lowest BCUT2D eigenvalue weighted by Gasteiger charge is -2.23. The number of hydrogen-bond acceptors (Lipinski definition) is 3. The Labute approximate surface area is 119 Å². The molecule has 0 aliphatic heterocycles. The average molecular weight is 271 g/mol. The molecule has 0 bridgehead atoms. The topological polar surface area (TPSA) is 55.5 Å². The van der Waals surface area contributed by atoms with Crippen LogP contribution < -0.4 is 10.5 Å². The van der Waals surface area contributed by atoms with Crippen LogP contribution in [0.3, 0.4) is 0 Å². The van der Waals surface area contributed by atoms with Gasteiger partial charge in [0.15, 0.2) is 0 Å². The fourth-order valence-electron chi connectivity index (χ4n) is 2.80. The maximum atomic E-state index is 10.4. The summed E-state index contributed by atoms with van der Waals surface area (Å²) in [6.45, 7) is 2.55. The first-order chi connectivity index (χ1) is 9.72. The van der Waals surface area contributed by atoms with Gasteiger partial charge < -0.3 is 15.6 Å². The summed E-state index contributed by atoms with van der Waals surface area (Å²) in [6.07, 6.45) is 1.66. The number of fused-ring (bicyclic) bond motifs is 1. The smallest absolute Gasteiger partial charge is 0.124 e. The highest BCUT2D eigenvalue weighted by Gasteiger charge is 2.35. The van der Waals surface area contributed by atoms with Gasteiger partial charge in [-0.1, -0.05) is 30.3 Å². The Bertz CT molecular complexity index is 607. The molecule has 2 aromatic rings. The van der Waals surface area contributed by atoms with Gasteiger partial charge in [-0.15, -0.1) is 0 Å². The maximum Gasteiger partial charge on any atom is 0.124 e. The number of aliphatic hydroxyl groups is 1. The van der Waals surface area contributed by atoms with Crippen molar-refractivity contribution in [3.8, 4) is 5.75 Å². The van der Waals surface area contributed by atoms with Crippen LogP contribution in [-0.4, -0.2) is 17.8 Å². The zero-order valence-corrected chi connectivity index (χ0v) is 11.8. The zero-order valence-electron chi connectivity index (χ0n) is 11.8. The fraction of sp³-hybridized carbons (Fsp3) is 0.412. The number of ether oxygens (including phenoxy) is 1. The van der Waals surface area contributed by atoms with Gasteiger partial charge >= 0.3 is 0 Å². The highest BCUT2D eigenvalue weighted by molar-refractivity contribution is 5.88. The van der Waals surface area contributed by atoms with Crippen LogP contribution in [-0.2, 0) is 0 Å². The molecule has 0 spiro atoms. The summed E-state index contributed by atoms with van der Waals surface area (Å²) >= 11 is 0. The first kappa shape index (κ1) is 13.4. The molecule has 3 N–H and O–H groups in total.